The Labute approximate surface area is 167 Å². The lowest BCUT2D eigenvalue weighted by atomic mass is 10.0. The highest BCUT2D eigenvalue weighted by Crippen LogP contribution is 2.26. The molecule has 0 bridgehead atoms. The average Bonchev–Trinajstić information content (AvgIpc) is 3.04. The lowest BCUT2D eigenvalue weighted by Crippen LogP contribution is -2.25. The summed E-state index contributed by atoms with van der Waals surface area (Å²) in [6.07, 6.45) is 15.3. The third-order valence-electron chi connectivity index (χ3n) is 4.46. The van der Waals surface area contributed by atoms with Crippen molar-refractivity contribution in [1.82, 2.24) is 0 Å². The normalized spacial score (nSPS) is 25.5. The van der Waals surface area contributed by atoms with Crippen LogP contribution in [0.4, 0.5) is 0 Å². The standard InChI is InChI=1S/C22H34O6/c1-2-3-4-5-6-7-8-9-10-11-17(23)12-13-18(24)21-16-19(25)20(28-21)14-15-22(26)27/h3-4,6-7,9-10,12-13,17-21,23-25H,2,5,8,11,14-16H2,1H3,(H,26,27)/b4-3-,7-6-,10-9-,13-12+/t17-,18-,19-,20-,21+/m0/s1. The van der Waals surface area contributed by atoms with E-state index in [0.717, 1.165) is 19.3 Å². The van der Waals surface area contributed by atoms with Gasteiger partial charge in [0.05, 0.1) is 30.5 Å². The number of aliphatic hydroxyl groups is 3. The highest BCUT2D eigenvalue weighted by molar-refractivity contribution is 5.66. The zero-order chi connectivity index (χ0) is 20.8. The van der Waals surface area contributed by atoms with Gasteiger partial charge >= 0.3 is 5.97 Å². The summed E-state index contributed by atoms with van der Waals surface area (Å²) < 4.78 is 5.56. The molecule has 1 saturated heterocycles. The van der Waals surface area contributed by atoms with Crippen molar-refractivity contribution >= 4 is 5.97 Å². The average molecular weight is 395 g/mol. The van der Waals surface area contributed by atoms with Gasteiger partial charge in [-0.1, -0.05) is 55.5 Å². The number of rotatable bonds is 13. The summed E-state index contributed by atoms with van der Waals surface area (Å²) in [5, 5.41) is 38.7. The SMILES string of the molecule is CC/C=C\C/C=C\C/C=C\C[C@H](O)/C=C/[C@H](O)[C@H]1C[C@H](O)[C@H](CCC(=O)O)O1. The smallest absolute Gasteiger partial charge is 0.303 e. The lowest BCUT2D eigenvalue weighted by Gasteiger charge is -2.16. The van der Waals surface area contributed by atoms with Crippen molar-refractivity contribution in [2.75, 3.05) is 0 Å². The minimum Gasteiger partial charge on any atom is -0.481 e. The van der Waals surface area contributed by atoms with Crippen LogP contribution in [0.3, 0.4) is 0 Å². The molecule has 1 aliphatic rings. The summed E-state index contributed by atoms with van der Waals surface area (Å²) >= 11 is 0. The van der Waals surface area contributed by atoms with Crippen molar-refractivity contribution in [2.45, 2.75) is 82.4 Å². The molecule has 0 aromatic heterocycles. The highest BCUT2D eigenvalue weighted by Gasteiger charge is 2.36. The van der Waals surface area contributed by atoms with Crippen LogP contribution in [0.1, 0.15) is 51.9 Å². The Morgan fingerprint density at radius 2 is 1.71 bits per heavy atom. The molecule has 0 spiro atoms. The molecule has 1 rings (SSSR count). The van der Waals surface area contributed by atoms with Gasteiger partial charge in [0.25, 0.3) is 0 Å². The van der Waals surface area contributed by atoms with Gasteiger partial charge in [-0.05, 0) is 32.1 Å². The number of carboxylic acids is 1. The summed E-state index contributed by atoms with van der Waals surface area (Å²) in [5.74, 6) is -0.945. The summed E-state index contributed by atoms with van der Waals surface area (Å²) in [7, 11) is 0. The maximum absolute atomic E-state index is 10.6. The van der Waals surface area contributed by atoms with Crippen molar-refractivity contribution in [1.29, 1.82) is 0 Å². The van der Waals surface area contributed by atoms with Crippen molar-refractivity contribution in [3.63, 3.8) is 0 Å². The molecule has 0 aromatic rings. The van der Waals surface area contributed by atoms with Crippen molar-refractivity contribution in [3.8, 4) is 0 Å². The fourth-order valence-electron chi connectivity index (χ4n) is 2.90. The maximum Gasteiger partial charge on any atom is 0.303 e. The zero-order valence-corrected chi connectivity index (χ0v) is 16.6. The molecule has 28 heavy (non-hydrogen) atoms. The summed E-state index contributed by atoms with van der Waals surface area (Å²) in [4.78, 5) is 10.6. The molecule has 158 valence electrons. The Morgan fingerprint density at radius 1 is 1.07 bits per heavy atom. The molecule has 0 saturated carbocycles. The van der Waals surface area contributed by atoms with Crippen LogP contribution in [0.25, 0.3) is 0 Å². The van der Waals surface area contributed by atoms with Crippen molar-refractivity contribution < 1.29 is 30.0 Å². The number of hydrogen-bond acceptors (Lipinski definition) is 5. The van der Waals surface area contributed by atoms with E-state index in [1.807, 2.05) is 12.2 Å². The van der Waals surface area contributed by atoms with Crippen LogP contribution in [0.5, 0.6) is 0 Å². The van der Waals surface area contributed by atoms with E-state index in [1.54, 1.807) is 0 Å². The minimum atomic E-state index is -0.956. The Hall–Kier alpha value is -1.73. The maximum atomic E-state index is 10.6. The van der Waals surface area contributed by atoms with Crippen molar-refractivity contribution in [2.24, 2.45) is 0 Å². The van der Waals surface area contributed by atoms with E-state index < -0.39 is 36.5 Å². The fourth-order valence-corrected chi connectivity index (χ4v) is 2.90. The van der Waals surface area contributed by atoms with Crippen LogP contribution < -0.4 is 0 Å². The largest absolute Gasteiger partial charge is 0.481 e. The van der Waals surface area contributed by atoms with E-state index in [9.17, 15) is 20.1 Å². The number of ether oxygens (including phenoxy) is 1. The predicted octanol–water partition coefficient (Wildman–Crippen LogP) is 2.90. The van der Waals surface area contributed by atoms with E-state index in [1.165, 1.54) is 12.2 Å². The van der Waals surface area contributed by atoms with Gasteiger partial charge < -0.3 is 25.2 Å². The number of aliphatic carboxylic acids is 1. The van der Waals surface area contributed by atoms with E-state index in [4.69, 9.17) is 9.84 Å². The minimum absolute atomic E-state index is 0.0872. The first-order chi connectivity index (χ1) is 13.4. The van der Waals surface area contributed by atoms with E-state index in [0.29, 0.717) is 6.42 Å². The molecule has 0 aliphatic carbocycles. The van der Waals surface area contributed by atoms with E-state index in [2.05, 4.69) is 31.2 Å². The molecule has 6 heteroatoms. The Kier molecular flexibility index (Phi) is 12.4. The predicted molar refractivity (Wildman–Crippen MR) is 109 cm³/mol. The quantitative estimate of drug-likeness (QED) is 0.358. The molecule has 0 radical (unpaired) electrons. The van der Waals surface area contributed by atoms with E-state index >= 15 is 0 Å². The molecule has 0 amide bonds. The number of carbonyl (C=O) groups is 1. The fraction of sp³-hybridized carbons (Fsp3) is 0.591. The van der Waals surface area contributed by atoms with Crippen LogP contribution in [0.2, 0.25) is 0 Å². The molecular formula is C22H34O6. The molecule has 0 aromatic carbocycles. The third-order valence-corrected chi connectivity index (χ3v) is 4.46. The van der Waals surface area contributed by atoms with Gasteiger partial charge in [0.1, 0.15) is 0 Å². The third kappa shape index (κ3) is 10.6. The van der Waals surface area contributed by atoms with Gasteiger partial charge in [-0.15, -0.1) is 0 Å². The summed E-state index contributed by atoms with van der Waals surface area (Å²) in [6, 6.07) is 0. The first kappa shape index (κ1) is 24.3. The second-order valence-electron chi connectivity index (χ2n) is 6.92. The summed E-state index contributed by atoms with van der Waals surface area (Å²) in [6.45, 7) is 2.10. The molecule has 1 aliphatic heterocycles. The Morgan fingerprint density at radius 3 is 2.36 bits per heavy atom. The van der Waals surface area contributed by atoms with Crippen LogP contribution >= 0.6 is 0 Å². The molecule has 1 fully saturated rings. The number of hydrogen-bond donors (Lipinski definition) is 4. The Bertz CT molecular complexity index is 551. The molecule has 1 heterocycles. The second-order valence-corrected chi connectivity index (χ2v) is 6.92. The molecule has 6 nitrogen and oxygen atoms in total. The second kappa shape index (κ2) is 14.3. The van der Waals surface area contributed by atoms with Crippen LogP contribution in [0, 0.1) is 0 Å². The number of aliphatic hydroxyl groups excluding tert-OH is 3. The monoisotopic (exact) mass is 394 g/mol. The number of carboxylic acid groups (broad SMARTS) is 1. The lowest BCUT2D eigenvalue weighted by molar-refractivity contribution is -0.138. The van der Waals surface area contributed by atoms with Gasteiger partial charge in [0.15, 0.2) is 0 Å². The van der Waals surface area contributed by atoms with Crippen molar-refractivity contribution in [3.05, 3.63) is 48.6 Å². The van der Waals surface area contributed by atoms with Gasteiger partial charge in [0.2, 0.25) is 0 Å². The molecular weight excluding hydrogens is 360 g/mol. The van der Waals surface area contributed by atoms with Gasteiger partial charge in [0, 0.05) is 12.8 Å². The van der Waals surface area contributed by atoms with Gasteiger partial charge in [-0.3, -0.25) is 4.79 Å². The molecule has 5 atom stereocenters. The van der Waals surface area contributed by atoms with Crippen LogP contribution in [-0.2, 0) is 9.53 Å². The summed E-state index contributed by atoms with van der Waals surface area (Å²) in [5.41, 5.74) is 0. The highest BCUT2D eigenvalue weighted by atomic mass is 16.5. The topological polar surface area (TPSA) is 107 Å². The first-order valence-electron chi connectivity index (χ1n) is 9.98. The van der Waals surface area contributed by atoms with Gasteiger partial charge in [-0.25, -0.2) is 0 Å². The molecule has 0 unspecified atom stereocenters. The van der Waals surface area contributed by atoms with E-state index in [-0.39, 0.29) is 19.3 Å². The Balaban J connectivity index is 2.28. The molecule has 4 N–H and O–H groups in total. The first-order valence-corrected chi connectivity index (χ1v) is 9.98. The van der Waals surface area contributed by atoms with Gasteiger partial charge in [-0.2, -0.15) is 0 Å². The van der Waals surface area contributed by atoms with Crippen LogP contribution in [-0.4, -0.2) is 56.9 Å². The van der Waals surface area contributed by atoms with Crippen LogP contribution in [0.15, 0.2) is 48.6 Å². The number of allylic oxidation sites excluding steroid dienone is 5. The zero-order valence-electron chi connectivity index (χ0n) is 16.6.